The van der Waals surface area contributed by atoms with E-state index in [-0.39, 0.29) is 5.91 Å². The van der Waals surface area contributed by atoms with E-state index >= 15 is 0 Å². The first kappa shape index (κ1) is 7.02. The first-order valence-corrected chi connectivity index (χ1v) is 3.12. The quantitative estimate of drug-likeness (QED) is 0.618. The van der Waals surface area contributed by atoms with Crippen LogP contribution < -0.4 is 5.73 Å². The van der Waals surface area contributed by atoms with Gasteiger partial charge in [0.05, 0.1) is 0 Å². The zero-order valence-corrected chi connectivity index (χ0v) is 5.87. The van der Waals surface area contributed by atoms with Crippen LogP contribution in [0.2, 0.25) is 0 Å². The van der Waals surface area contributed by atoms with Gasteiger partial charge in [0, 0.05) is 25.9 Å². The second-order valence-electron chi connectivity index (χ2n) is 2.15. The summed E-state index contributed by atoms with van der Waals surface area (Å²) in [6.07, 6.45) is 3.45. The van der Waals surface area contributed by atoms with Gasteiger partial charge in [0.2, 0.25) is 5.91 Å². The fourth-order valence-electron chi connectivity index (χ4n) is 0.757. The Labute approximate surface area is 59.4 Å². The molecular formula is C7H10N2O. The highest BCUT2D eigenvalue weighted by molar-refractivity contribution is 5.76. The Morgan fingerprint density at radius 1 is 1.80 bits per heavy atom. The number of hydrogen-bond donors (Lipinski definition) is 1. The lowest BCUT2D eigenvalue weighted by atomic mass is 10.4. The van der Waals surface area contributed by atoms with E-state index in [1.54, 1.807) is 12.4 Å². The lowest BCUT2D eigenvalue weighted by molar-refractivity contribution is 0.0936. The van der Waals surface area contributed by atoms with E-state index in [1.807, 2.05) is 6.07 Å². The van der Waals surface area contributed by atoms with Gasteiger partial charge in [-0.1, -0.05) is 0 Å². The Kier molecular flexibility index (Phi) is 1.87. The summed E-state index contributed by atoms with van der Waals surface area (Å²) in [5, 5.41) is 0. The molecule has 0 aliphatic carbocycles. The van der Waals surface area contributed by atoms with Gasteiger partial charge in [-0.2, -0.15) is 0 Å². The summed E-state index contributed by atoms with van der Waals surface area (Å²) in [5.74, 6) is 0.0136. The molecule has 0 atom stereocenters. The Morgan fingerprint density at radius 2 is 2.50 bits per heavy atom. The molecule has 1 aromatic rings. The van der Waals surface area contributed by atoms with Gasteiger partial charge < -0.3 is 5.73 Å². The van der Waals surface area contributed by atoms with Crippen LogP contribution in [0, 0.1) is 0 Å². The molecule has 0 bridgehead atoms. The van der Waals surface area contributed by atoms with Crippen LogP contribution in [0.15, 0.2) is 18.5 Å². The smallest absolute Gasteiger partial charge is 0.227 e. The van der Waals surface area contributed by atoms with Crippen molar-refractivity contribution in [3.63, 3.8) is 0 Å². The zero-order chi connectivity index (χ0) is 7.56. The summed E-state index contributed by atoms with van der Waals surface area (Å²) >= 11 is 0. The molecule has 0 unspecified atom stereocenters. The molecule has 1 heterocycles. The van der Waals surface area contributed by atoms with Crippen molar-refractivity contribution in [3.05, 3.63) is 24.0 Å². The third-order valence-corrected chi connectivity index (χ3v) is 1.35. The van der Waals surface area contributed by atoms with Crippen LogP contribution in [-0.4, -0.2) is 10.5 Å². The summed E-state index contributed by atoms with van der Waals surface area (Å²) in [5.41, 5.74) is 6.32. The molecule has 0 spiro atoms. The van der Waals surface area contributed by atoms with Gasteiger partial charge in [0.1, 0.15) is 0 Å². The van der Waals surface area contributed by atoms with E-state index in [0.717, 1.165) is 5.56 Å². The predicted octanol–water partition coefficient (Wildman–Crippen LogP) is 0.607. The van der Waals surface area contributed by atoms with Crippen molar-refractivity contribution in [2.24, 2.45) is 5.73 Å². The van der Waals surface area contributed by atoms with Crippen LogP contribution in [0.1, 0.15) is 17.3 Å². The molecule has 0 amide bonds. The monoisotopic (exact) mass is 138 g/mol. The summed E-state index contributed by atoms with van der Waals surface area (Å²) in [7, 11) is 0. The highest BCUT2D eigenvalue weighted by Crippen LogP contribution is 1.98. The minimum absolute atomic E-state index is 0.0136. The molecule has 0 aliphatic rings. The Morgan fingerprint density at radius 3 is 2.80 bits per heavy atom. The van der Waals surface area contributed by atoms with Crippen molar-refractivity contribution in [2.45, 2.75) is 13.5 Å². The first-order valence-electron chi connectivity index (χ1n) is 3.12. The van der Waals surface area contributed by atoms with E-state index in [9.17, 15) is 4.79 Å². The van der Waals surface area contributed by atoms with Gasteiger partial charge in [-0.25, -0.2) is 0 Å². The van der Waals surface area contributed by atoms with Crippen LogP contribution in [0.4, 0.5) is 0 Å². The van der Waals surface area contributed by atoms with Crippen molar-refractivity contribution in [1.29, 1.82) is 0 Å². The predicted molar refractivity (Wildman–Crippen MR) is 38.6 cm³/mol. The van der Waals surface area contributed by atoms with Crippen molar-refractivity contribution >= 4 is 5.91 Å². The maximum absolute atomic E-state index is 10.7. The number of nitrogens with two attached hydrogens (primary N) is 1. The van der Waals surface area contributed by atoms with E-state index in [1.165, 1.54) is 11.5 Å². The number of hydrogen-bond acceptors (Lipinski definition) is 2. The first-order chi connectivity index (χ1) is 4.74. The lowest BCUT2D eigenvalue weighted by Gasteiger charge is -1.91. The van der Waals surface area contributed by atoms with Gasteiger partial charge in [-0.05, 0) is 11.6 Å². The number of carbonyl (C=O) groups is 1. The average molecular weight is 138 g/mol. The van der Waals surface area contributed by atoms with E-state index in [2.05, 4.69) is 0 Å². The van der Waals surface area contributed by atoms with Crippen molar-refractivity contribution in [1.82, 2.24) is 4.57 Å². The van der Waals surface area contributed by atoms with Crippen molar-refractivity contribution in [3.8, 4) is 0 Å². The lowest BCUT2D eigenvalue weighted by Crippen LogP contribution is -2.01. The van der Waals surface area contributed by atoms with E-state index in [4.69, 9.17) is 5.73 Å². The summed E-state index contributed by atoms with van der Waals surface area (Å²) in [6, 6.07) is 1.83. The Bertz CT molecular complexity index is 240. The van der Waals surface area contributed by atoms with Crippen LogP contribution in [0.5, 0.6) is 0 Å². The minimum atomic E-state index is 0.0136. The van der Waals surface area contributed by atoms with Gasteiger partial charge in [-0.15, -0.1) is 0 Å². The van der Waals surface area contributed by atoms with E-state index in [0.29, 0.717) is 6.54 Å². The second kappa shape index (κ2) is 2.66. The molecule has 0 aromatic carbocycles. The molecule has 0 fully saturated rings. The zero-order valence-electron chi connectivity index (χ0n) is 5.87. The normalized spacial score (nSPS) is 9.80. The third kappa shape index (κ3) is 1.25. The van der Waals surface area contributed by atoms with Gasteiger partial charge >= 0.3 is 0 Å². The number of rotatable bonds is 1. The molecule has 10 heavy (non-hydrogen) atoms. The maximum atomic E-state index is 10.7. The molecule has 1 rings (SSSR count). The largest absolute Gasteiger partial charge is 0.326 e. The van der Waals surface area contributed by atoms with Gasteiger partial charge in [0.15, 0.2) is 0 Å². The molecule has 54 valence electrons. The summed E-state index contributed by atoms with van der Waals surface area (Å²) in [4.78, 5) is 10.7. The highest BCUT2D eigenvalue weighted by atomic mass is 16.1. The molecule has 0 aliphatic heterocycles. The van der Waals surface area contributed by atoms with Gasteiger partial charge in [0.25, 0.3) is 0 Å². The maximum Gasteiger partial charge on any atom is 0.227 e. The molecule has 2 N–H and O–H groups in total. The number of carbonyl (C=O) groups excluding carboxylic acids is 1. The molecule has 3 nitrogen and oxygen atoms in total. The molecular weight excluding hydrogens is 128 g/mol. The summed E-state index contributed by atoms with van der Waals surface area (Å²) in [6.45, 7) is 2.00. The van der Waals surface area contributed by atoms with Crippen LogP contribution in [0.25, 0.3) is 0 Å². The van der Waals surface area contributed by atoms with Crippen LogP contribution in [0.3, 0.4) is 0 Å². The Hall–Kier alpha value is -1.09. The Balaban J connectivity index is 2.88. The minimum Gasteiger partial charge on any atom is -0.326 e. The highest BCUT2D eigenvalue weighted by Gasteiger charge is 1.96. The molecule has 3 heteroatoms. The third-order valence-electron chi connectivity index (χ3n) is 1.35. The van der Waals surface area contributed by atoms with Gasteiger partial charge in [-0.3, -0.25) is 9.36 Å². The second-order valence-corrected chi connectivity index (χ2v) is 2.15. The topological polar surface area (TPSA) is 48.0 Å². The van der Waals surface area contributed by atoms with Crippen molar-refractivity contribution < 1.29 is 4.79 Å². The fraction of sp³-hybridized carbons (Fsp3) is 0.286. The molecule has 1 aromatic heterocycles. The standard InChI is InChI=1S/C7H10N2O/c1-6(10)9-3-2-7(4-8)5-9/h2-3,5H,4,8H2,1H3. The van der Waals surface area contributed by atoms with Crippen molar-refractivity contribution in [2.75, 3.05) is 0 Å². The molecule has 0 saturated heterocycles. The summed E-state index contributed by atoms with van der Waals surface area (Å²) < 4.78 is 1.52. The van der Waals surface area contributed by atoms with Crippen LogP contribution in [-0.2, 0) is 6.54 Å². The fourth-order valence-corrected chi connectivity index (χ4v) is 0.757. The van der Waals surface area contributed by atoms with E-state index < -0.39 is 0 Å². The average Bonchev–Trinajstić information content (AvgIpc) is 2.34. The SMILES string of the molecule is CC(=O)n1ccc(CN)c1. The number of aromatic nitrogens is 1. The molecule has 0 radical (unpaired) electrons. The molecule has 0 saturated carbocycles. The van der Waals surface area contributed by atoms with Crippen LogP contribution >= 0.6 is 0 Å². The number of nitrogens with zero attached hydrogens (tertiary/aromatic N) is 1.